The number of rotatable bonds is 7. The monoisotopic (exact) mass is 595 g/mol. The van der Waals surface area contributed by atoms with Crippen molar-refractivity contribution < 1.29 is 28.6 Å². The molecule has 3 aromatic carbocycles. The van der Waals surface area contributed by atoms with Crippen molar-refractivity contribution in [3.8, 4) is 16.9 Å². The van der Waals surface area contributed by atoms with Crippen molar-refractivity contribution in [2.24, 2.45) is 0 Å². The number of anilines is 1. The number of benzene rings is 3. The number of carbonyl (C=O) groups is 3. The molecule has 0 radical (unpaired) electrons. The number of hydrogen-bond acceptors (Lipinski definition) is 8. The number of thioether (sulfide) groups is 1. The number of imide groups is 1. The van der Waals surface area contributed by atoms with E-state index < -0.39 is 29.2 Å². The van der Waals surface area contributed by atoms with E-state index in [0.29, 0.717) is 29.8 Å². The van der Waals surface area contributed by atoms with Gasteiger partial charge in [0.05, 0.1) is 5.69 Å². The third-order valence-corrected chi connectivity index (χ3v) is 8.01. The first-order valence-electron chi connectivity index (χ1n) is 13.4. The fourth-order valence-electron chi connectivity index (χ4n) is 4.85. The minimum Gasteiger partial charge on any atom is -0.480 e. The van der Waals surface area contributed by atoms with Gasteiger partial charge < -0.3 is 19.2 Å². The van der Waals surface area contributed by atoms with Crippen LogP contribution >= 0.6 is 11.8 Å². The van der Waals surface area contributed by atoms with E-state index >= 15 is 0 Å². The fraction of sp³-hybridized carbons (Fsp3) is 0.125. The van der Waals surface area contributed by atoms with Gasteiger partial charge in [-0.2, -0.15) is 0 Å². The highest BCUT2D eigenvalue weighted by Gasteiger charge is 2.37. The summed E-state index contributed by atoms with van der Waals surface area (Å²) in [5.74, 6) is -0.917. The molecule has 1 fully saturated rings. The molecule has 10 nitrogen and oxygen atoms in total. The molecule has 2 aliphatic heterocycles. The molecule has 0 aliphatic carbocycles. The van der Waals surface area contributed by atoms with E-state index in [-0.39, 0.29) is 22.4 Å². The van der Waals surface area contributed by atoms with Crippen LogP contribution in [0.5, 0.6) is 5.75 Å². The van der Waals surface area contributed by atoms with E-state index in [9.17, 15) is 24.3 Å². The highest BCUT2D eigenvalue weighted by Crippen LogP contribution is 2.40. The first-order valence-corrected chi connectivity index (χ1v) is 14.2. The highest BCUT2D eigenvalue weighted by molar-refractivity contribution is 8.22. The van der Waals surface area contributed by atoms with E-state index in [0.717, 1.165) is 31.8 Å². The second kappa shape index (κ2) is 11.5. The summed E-state index contributed by atoms with van der Waals surface area (Å²) in [6.07, 6.45) is 3.34. The van der Waals surface area contributed by atoms with Gasteiger partial charge in [0.15, 0.2) is 11.2 Å². The number of fused-ring (bicyclic) bond motifs is 1. The highest BCUT2D eigenvalue weighted by atomic mass is 32.2. The molecule has 4 aromatic rings. The molecule has 11 heteroatoms. The smallest absolute Gasteiger partial charge is 0.323 e. The number of aliphatic carboxylic acids is 1. The summed E-state index contributed by atoms with van der Waals surface area (Å²) in [4.78, 5) is 53.5. The van der Waals surface area contributed by atoms with E-state index in [1.54, 1.807) is 0 Å². The summed E-state index contributed by atoms with van der Waals surface area (Å²) in [6.45, 7) is -0.620. The number of nitrogens with zero attached hydrogens (tertiary/aromatic N) is 3. The number of oxazole rings is 1. The molecule has 6 rings (SSSR count). The van der Waals surface area contributed by atoms with Crippen LogP contribution in [0.25, 0.3) is 22.1 Å². The maximum atomic E-state index is 13.2. The van der Waals surface area contributed by atoms with Crippen LogP contribution in [-0.2, 0) is 22.6 Å². The van der Waals surface area contributed by atoms with Crippen LogP contribution in [0, 0.1) is 0 Å². The maximum absolute atomic E-state index is 13.2. The van der Waals surface area contributed by atoms with Crippen LogP contribution in [0.1, 0.15) is 5.56 Å². The van der Waals surface area contributed by atoms with Crippen LogP contribution in [-0.4, -0.2) is 45.3 Å². The van der Waals surface area contributed by atoms with Gasteiger partial charge in [-0.25, -0.2) is 0 Å². The minimum atomic E-state index is -1.30. The third kappa shape index (κ3) is 5.50. The number of allylic oxidation sites excluding steroid dienone is 1. The molecular weight excluding hydrogens is 570 g/mol. The maximum Gasteiger partial charge on any atom is 0.323 e. The van der Waals surface area contributed by atoms with E-state index in [1.165, 1.54) is 12.2 Å². The van der Waals surface area contributed by atoms with Crippen molar-refractivity contribution in [3.63, 3.8) is 0 Å². The van der Waals surface area contributed by atoms with Gasteiger partial charge in [-0.05, 0) is 53.1 Å². The summed E-state index contributed by atoms with van der Waals surface area (Å²) in [7, 11) is 1.82. The Kier molecular flexibility index (Phi) is 7.47. The van der Waals surface area contributed by atoms with Crippen LogP contribution in [0.4, 0.5) is 10.5 Å². The van der Waals surface area contributed by atoms with E-state index in [1.807, 2.05) is 90.8 Å². The lowest BCUT2D eigenvalue weighted by molar-refractivity contribution is -0.137. The number of ether oxygens (including phenoxy) is 1. The minimum absolute atomic E-state index is 0.128. The Balaban J connectivity index is 1.33. The average molecular weight is 596 g/mol. The number of aromatic nitrogens is 1. The lowest BCUT2D eigenvalue weighted by Crippen LogP contribution is -2.36. The number of carbonyl (C=O) groups excluding carboxylic acids is 2. The molecule has 0 atom stereocenters. The standard InChI is InChI=1S/C32H25N3O7S/c1-33-23-18-22(21-10-6-3-7-11-21)12-13-24(23)41-26(33)15-14-25-29(38)35(19-27(36)37)31(42-25)28-30(39)34(32(40)43-28)17-16-20-8-4-2-5-9-20/h2-15,18H,16-17,19H2,1H3,(H,36,37)/b25-14-,26-15+,31-28+. The summed E-state index contributed by atoms with van der Waals surface area (Å²) >= 11 is 0.614. The topological polar surface area (TPSA) is 122 Å². The Hall–Kier alpha value is -5.29. The van der Waals surface area contributed by atoms with Crippen LogP contribution in [0.3, 0.4) is 0 Å². The molecule has 1 N–H and O–H groups in total. The largest absolute Gasteiger partial charge is 0.480 e. The van der Waals surface area contributed by atoms with Crippen LogP contribution in [0.2, 0.25) is 0 Å². The second-order valence-corrected chi connectivity index (χ2v) is 10.8. The molecular formula is C32H25N3O7S. The number of carboxylic acid groups (broad SMARTS) is 1. The van der Waals surface area contributed by atoms with Gasteiger partial charge in [0, 0.05) is 19.7 Å². The number of hydrogen-bond donors (Lipinski definition) is 1. The average Bonchev–Trinajstić information content (AvgIpc) is 3.60. The Morgan fingerprint density at radius 3 is 2.37 bits per heavy atom. The third-order valence-electron chi connectivity index (χ3n) is 7.06. The van der Waals surface area contributed by atoms with E-state index in [2.05, 4.69) is 0 Å². The Morgan fingerprint density at radius 1 is 0.930 bits per heavy atom. The Labute approximate surface area is 249 Å². The van der Waals surface area contributed by atoms with Crippen molar-refractivity contribution in [1.82, 2.24) is 9.47 Å². The summed E-state index contributed by atoms with van der Waals surface area (Å²) in [6, 6.07) is 25.1. The summed E-state index contributed by atoms with van der Waals surface area (Å²) in [5, 5.41) is 8.94. The summed E-state index contributed by atoms with van der Waals surface area (Å²) < 4.78 is 12.6. The second-order valence-electron chi connectivity index (χ2n) is 9.83. The lowest BCUT2D eigenvalue weighted by Gasteiger charge is -2.11. The molecule has 0 bridgehead atoms. The molecule has 0 saturated carbocycles. The molecule has 1 saturated heterocycles. The van der Waals surface area contributed by atoms with Crippen LogP contribution < -0.4 is 26.2 Å². The van der Waals surface area contributed by atoms with Gasteiger partial charge in [-0.1, -0.05) is 66.7 Å². The fourth-order valence-corrected chi connectivity index (χ4v) is 5.75. The van der Waals surface area contributed by atoms with Gasteiger partial charge in [-0.15, -0.1) is 0 Å². The zero-order valence-corrected chi connectivity index (χ0v) is 23.7. The predicted octanol–water partition coefficient (Wildman–Crippen LogP) is 3.39. The lowest BCUT2D eigenvalue weighted by atomic mass is 10.0. The normalized spacial score (nSPS) is 17.1. The molecule has 0 unspecified atom stereocenters. The van der Waals surface area contributed by atoms with Crippen molar-refractivity contribution in [2.75, 3.05) is 18.5 Å². The molecule has 0 spiro atoms. The van der Waals surface area contributed by atoms with E-state index in [4.69, 9.17) is 9.15 Å². The number of amides is 2. The SMILES string of the molecule is CN1/C(=C\C=c2/o/c(=C3/SC(=O)N(CCc4ccccc4)C3=O)n(CC(=O)O)c2=O)Oc2ccc(-c3ccccc3)cc21. The molecule has 1 aromatic heterocycles. The molecule has 2 amide bonds. The van der Waals surface area contributed by atoms with Crippen molar-refractivity contribution in [2.45, 2.75) is 13.0 Å². The van der Waals surface area contributed by atoms with Gasteiger partial charge in [0.1, 0.15) is 11.4 Å². The van der Waals surface area contributed by atoms with Crippen molar-refractivity contribution in [1.29, 1.82) is 0 Å². The van der Waals surface area contributed by atoms with Gasteiger partial charge >= 0.3 is 5.97 Å². The zero-order valence-electron chi connectivity index (χ0n) is 22.9. The molecule has 3 heterocycles. The molecule has 43 heavy (non-hydrogen) atoms. The Morgan fingerprint density at radius 2 is 1.65 bits per heavy atom. The van der Waals surface area contributed by atoms with Crippen molar-refractivity contribution >= 4 is 45.5 Å². The quantitative estimate of drug-likeness (QED) is 0.343. The summed E-state index contributed by atoms with van der Waals surface area (Å²) in [5.41, 5.74) is 2.59. The molecule has 216 valence electrons. The number of carboxylic acids is 1. The van der Waals surface area contributed by atoms with Gasteiger partial charge in [-0.3, -0.25) is 28.6 Å². The van der Waals surface area contributed by atoms with Crippen LogP contribution in [0.15, 0.2) is 100 Å². The van der Waals surface area contributed by atoms with Gasteiger partial charge in [0.25, 0.3) is 16.7 Å². The Bertz CT molecular complexity index is 1960. The first-order chi connectivity index (χ1) is 20.8. The predicted molar refractivity (Wildman–Crippen MR) is 162 cm³/mol. The first kappa shape index (κ1) is 27.9. The van der Waals surface area contributed by atoms with Gasteiger partial charge in [0.2, 0.25) is 11.4 Å². The van der Waals surface area contributed by atoms with Crippen molar-refractivity contribution in [3.05, 3.63) is 118 Å². The molecule has 2 aliphatic rings. The zero-order chi connectivity index (χ0) is 30.1.